The second-order valence-corrected chi connectivity index (χ2v) is 10.8. The number of thiophene rings is 1. The van der Waals surface area contributed by atoms with Crippen molar-refractivity contribution in [3.8, 4) is 0 Å². The summed E-state index contributed by atoms with van der Waals surface area (Å²) >= 11 is 8.18. The number of nitrogens with zero attached hydrogens (tertiary/aromatic N) is 6. The van der Waals surface area contributed by atoms with Crippen LogP contribution in [0.1, 0.15) is 37.6 Å². The van der Waals surface area contributed by atoms with Gasteiger partial charge in [-0.1, -0.05) is 20.8 Å². The highest BCUT2D eigenvalue weighted by Gasteiger charge is 2.33. The van der Waals surface area contributed by atoms with Crippen molar-refractivity contribution >= 4 is 44.9 Å². The molecule has 1 fully saturated rings. The van der Waals surface area contributed by atoms with Crippen molar-refractivity contribution in [3.05, 3.63) is 34.2 Å². The van der Waals surface area contributed by atoms with Gasteiger partial charge in [-0.15, -0.1) is 11.3 Å². The summed E-state index contributed by atoms with van der Waals surface area (Å²) in [6.45, 7) is 10.5. The summed E-state index contributed by atoms with van der Waals surface area (Å²) in [5.41, 5.74) is 1.78. The Morgan fingerprint density at radius 2 is 1.73 bits per heavy atom. The van der Waals surface area contributed by atoms with E-state index in [1.54, 1.807) is 12.4 Å². The highest BCUT2D eigenvalue weighted by molar-refractivity contribution is 7.19. The summed E-state index contributed by atoms with van der Waals surface area (Å²) in [7, 11) is 0. The molecule has 3 aromatic rings. The van der Waals surface area contributed by atoms with Gasteiger partial charge < -0.3 is 9.80 Å². The van der Waals surface area contributed by atoms with Crippen LogP contribution in [0.25, 0.3) is 10.2 Å². The van der Waals surface area contributed by atoms with Gasteiger partial charge in [-0.05, 0) is 53.8 Å². The van der Waals surface area contributed by atoms with Crippen LogP contribution in [0.2, 0.25) is 5.28 Å². The van der Waals surface area contributed by atoms with Crippen LogP contribution in [0.15, 0.2) is 18.5 Å². The van der Waals surface area contributed by atoms with Crippen molar-refractivity contribution in [2.45, 2.75) is 40.0 Å². The molecule has 0 bridgehead atoms. The van der Waals surface area contributed by atoms with Gasteiger partial charge in [-0.2, -0.15) is 4.98 Å². The van der Waals surface area contributed by atoms with E-state index >= 15 is 0 Å². The van der Waals surface area contributed by atoms with Crippen molar-refractivity contribution < 1.29 is 0 Å². The van der Waals surface area contributed by atoms with E-state index in [0.717, 1.165) is 55.6 Å². The van der Waals surface area contributed by atoms with Gasteiger partial charge in [0.15, 0.2) is 0 Å². The molecule has 0 aromatic carbocycles. The Labute approximate surface area is 186 Å². The Bertz CT molecular complexity index is 1050. The zero-order chi connectivity index (χ0) is 20.9. The third kappa shape index (κ3) is 3.62. The first kappa shape index (κ1) is 19.9. The number of anilines is 2. The molecule has 5 rings (SSSR count). The van der Waals surface area contributed by atoms with E-state index in [4.69, 9.17) is 16.6 Å². The summed E-state index contributed by atoms with van der Waals surface area (Å²) in [4.78, 5) is 25.2. The molecule has 4 heterocycles. The number of aromatic nitrogens is 4. The molecule has 30 heavy (non-hydrogen) atoms. The minimum atomic E-state index is 0.329. The zero-order valence-corrected chi connectivity index (χ0v) is 19.3. The number of rotatable bonds is 2. The molecule has 1 atom stereocenters. The van der Waals surface area contributed by atoms with E-state index in [1.807, 2.05) is 17.4 Å². The Kier molecular flexibility index (Phi) is 5.06. The highest BCUT2D eigenvalue weighted by atomic mass is 35.5. The van der Waals surface area contributed by atoms with E-state index in [1.165, 1.54) is 22.2 Å². The number of halogens is 1. The van der Waals surface area contributed by atoms with Crippen molar-refractivity contribution in [1.82, 2.24) is 19.9 Å². The molecule has 0 radical (unpaired) electrons. The van der Waals surface area contributed by atoms with Crippen LogP contribution in [0, 0.1) is 11.3 Å². The van der Waals surface area contributed by atoms with Gasteiger partial charge in [-0.25, -0.2) is 15.0 Å². The molecule has 0 spiro atoms. The second kappa shape index (κ2) is 7.61. The molecule has 158 valence electrons. The summed E-state index contributed by atoms with van der Waals surface area (Å²) in [6, 6.07) is 1.85. The molecule has 3 aromatic heterocycles. The lowest BCUT2D eigenvalue weighted by atomic mass is 9.72. The highest BCUT2D eigenvalue weighted by Crippen LogP contribution is 2.45. The summed E-state index contributed by atoms with van der Waals surface area (Å²) in [5, 5.41) is 1.58. The molecule has 2 aliphatic rings. The van der Waals surface area contributed by atoms with Gasteiger partial charge in [0.1, 0.15) is 10.6 Å². The summed E-state index contributed by atoms with van der Waals surface area (Å²) in [6.07, 6.45) is 7.06. The predicted octanol–water partition coefficient (Wildman–Crippen LogP) is 4.61. The van der Waals surface area contributed by atoms with Crippen molar-refractivity contribution in [1.29, 1.82) is 0 Å². The molecular formula is C22H27ClN6S. The van der Waals surface area contributed by atoms with Gasteiger partial charge >= 0.3 is 0 Å². The van der Waals surface area contributed by atoms with Gasteiger partial charge in [0.2, 0.25) is 11.2 Å². The van der Waals surface area contributed by atoms with Crippen LogP contribution in [0.5, 0.6) is 0 Å². The third-order valence-corrected chi connectivity index (χ3v) is 7.82. The van der Waals surface area contributed by atoms with Crippen LogP contribution in [0.4, 0.5) is 11.8 Å². The Morgan fingerprint density at radius 1 is 1.03 bits per heavy atom. The normalized spacial score (nSPS) is 19.9. The zero-order valence-electron chi connectivity index (χ0n) is 17.7. The van der Waals surface area contributed by atoms with E-state index < -0.39 is 0 Å². The van der Waals surface area contributed by atoms with E-state index in [0.29, 0.717) is 16.6 Å². The molecule has 1 unspecified atom stereocenters. The fourth-order valence-electron chi connectivity index (χ4n) is 4.67. The Balaban J connectivity index is 1.45. The number of aryl methyl sites for hydroxylation is 1. The van der Waals surface area contributed by atoms with Crippen molar-refractivity contribution in [2.75, 3.05) is 36.0 Å². The van der Waals surface area contributed by atoms with Crippen LogP contribution >= 0.6 is 22.9 Å². The second-order valence-electron chi connectivity index (χ2n) is 9.33. The van der Waals surface area contributed by atoms with E-state index in [9.17, 15) is 0 Å². The van der Waals surface area contributed by atoms with Crippen molar-refractivity contribution in [2.24, 2.45) is 11.3 Å². The molecule has 8 heteroatoms. The van der Waals surface area contributed by atoms with Crippen LogP contribution in [-0.4, -0.2) is 46.1 Å². The van der Waals surface area contributed by atoms with Crippen LogP contribution in [0.3, 0.4) is 0 Å². The molecule has 0 N–H and O–H groups in total. The van der Waals surface area contributed by atoms with Gasteiger partial charge in [0, 0.05) is 43.4 Å². The lowest BCUT2D eigenvalue weighted by Crippen LogP contribution is -2.47. The Hall–Kier alpha value is -1.99. The monoisotopic (exact) mass is 442 g/mol. The lowest BCUT2D eigenvalue weighted by molar-refractivity contribution is 0.218. The SMILES string of the molecule is CC(C)(C)C1CCc2c(sc3nc(Cl)nc(N4CCN(c5ncccn5)CC4)c23)C1. The molecule has 0 amide bonds. The number of hydrogen-bond acceptors (Lipinski definition) is 7. The first-order chi connectivity index (χ1) is 14.4. The fourth-order valence-corrected chi connectivity index (χ4v) is 6.18. The molecule has 1 saturated heterocycles. The van der Waals surface area contributed by atoms with Gasteiger partial charge in [0.05, 0.1) is 5.39 Å². The topological polar surface area (TPSA) is 58.0 Å². The number of hydrogen-bond donors (Lipinski definition) is 0. The maximum Gasteiger partial charge on any atom is 0.225 e. The minimum absolute atomic E-state index is 0.329. The fraction of sp³-hybridized carbons (Fsp3) is 0.545. The quantitative estimate of drug-likeness (QED) is 0.540. The van der Waals surface area contributed by atoms with Gasteiger partial charge in [-0.3, -0.25) is 0 Å². The Morgan fingerprint density at radius 3 is 2.43 bits per heavy atom. The van der Waals surface area contributed by atoms with E-state index in [2.05, 4.69) is 45.5 Å². The maximum absolute atomic E-state index is 6.36. The van der Waals surface area contributed by atoms with E-state index in [-0.39, 0.29) is 0 Å². The largest absolute Gasteiger partial charge is 0.352 e. The predicted molar refractivity (Wildman–Crippen MR) is 124 cm³/mol. The summed E-state index contributed by atoms with van der Waals surface area (Å²) < 4.78 is 0. The summed E-state index contributed by atoms with van der Waals surface area (Å²) in [5.74, 6) is 2.51. The molecule has 6 nitrogen and oxygen atoms in total. The number of piperazine rings is 1. The smallest absolute Gasteiger partial charge is 0.225 e. The van der Waals surface area contributed by atoms with Gasteiger partial charge in [0.25, 0.3) is 0 Å². The third-order valence-electron chi connectivity index (χ3n) is 6.50. The standard InChI is InChI=1S/C22H27ClN6S/c1-22(2,3)14-5-6-15-16(13-14)30-19-17(15)18(26-20(23)27-19)28-9-11-29(12-10-28)21-24-7-4-8-25-21/h4,7-8,14H,5-6,9-13H2,1-3H3. The molecular weight excluding hydrogens is 416 g/mol. The number of fused-ring (bicyclic) bond motifs is 3. The lowest BCUT2D eigenvalue weighted by Gasteiger charge is -2.36. The van der Waals surface area contributed by atoms with Crippen LogP contribution < -0.4 is 9.80 Å². The van der Waals surface area contributed by atoms with Crippen molar-refractivity contribution in [3.63, 3.8) is 0 Å². The molecule has 1 aliphatic carbocycles. The molecule has 1 aliphatic heterocycles. The van der Waals surface area contributed by atoms with Crippen LogP contribution in [-0.2, 0) is 12.8 Å². The average molecular weight is 443 g/mol. The first-order valence-electron chi connectivity index (χ1n) is 10.6. The maximum atomic E-state index is 6.36. The molecule has 0 saturated carbocycles. The minimum Gasteiger partial charge on any atom is -0.352 e. The first-order valence-corrected chi connectivity index (χ1v) is 11.8. The average Bonchev–Trinajstić information content (AvgIpc) is 3.10.